The molecule has 94 valence electrons. The van der Waals surface area contributed by atoms with Crippen molar-refractivity contribution in [1.29, 1.82) is 0 Å². The number of anilines is 1. The van der Waals surface area contributed by atoms with Crippen molar-refractivity contribution in [2.24, 2.45) is 10.8 Å². The van der Waals surface area contributed by atoms with Gasteiger partial charge in [0.15, 0.2) is 9.84 Å². The summed E-state index contributed by atoms with van der Waals surface area (Å²) in [4.78, 5) is 4.34. The molecule has 0 saturated heterocycles. The number of rotatable bonds is 3. The zero-order valence-corrected chi connectivity index (χ0v) is 10.6. The molecule has 0 fully saturated rings. The summed E-state index contributed by atoms with van der Waals surface area (Å²) in [5, 5.41) is 2.93. The third-order valence-corrected chi connectivity index (χ3v) is 3.13. The van der Waals surface area contributed by atoms with Gasteiger partial charge in [0.05, 0.1) is 4.90 Å². The average Bonchev–Trinajstić information content (AvgIpc) is 2.28. The second-order valence-electron chi connectivity index (χ2n) is 3.39. The Balaban J connectivity index is 2.85. The Kier molecular flexibility index (Phi) is 4.47. The van der Waals surface area contributed by atoms with Crippen LogP contribution in [0.25, 0.3) is 0 Å². The highest BCUT2D eigenvalue weighted by Crippen LogP contribution is 2.13. The molecule has 0 amide bonds. The lowest BCUT2D eigenvalue weighted by Gasteiger charge is -2.09. The molecule has 0 bridgehead atoms. The summed E-state index contributed by atoms with van der Waals surface area (Å²) in [7, 11) is -3.16. The van der Waals surface area contributed by atoms with Crippen molar-refractivity contribution in [2.45, 2.75) is 11.8 Å². The third-order valence-electron chi connectivity index (χ3n) is 2.00. The van der Waals surface area contributed by atoms with E-state index in [1.807, 2.05) is 6.92 Å². The standard InChI is InChI=1S/C10H16N4O2S/c1-3-12-10(14-11)13-8-4-6-9(7-5-8)17(2,15)16/h4-7H,3,11H2,1-2H3,(H2,12,13,14). The largest absolute Gasteiger partial charge is 0.325 e. The van der Waals surface area contributed by atoms with E-state index in [9.17, 15) is 8.42 Å². The van der Waals surface area contributed by atoms with Crippen LogP contribution in [0.15, 0.2) is 34.2 Å². The van der Waals surface area contributed by atoms with Gasteiger partial charge in [0.1, 0.15) is 0 Å². The molecule has 4 N–H and O–H groups in total. The molecule has 0 saturated carbocycles. The van der Waals surface area contributed by atoms with Crippen LogP contribution in [0.2, 0.25) is 0 Å². The van der Waals surface area contributed by atoms with Crippen LogP contribution in [0.1, 0.15) is 6.92 Å². The molecule has 0 aliphatic heterocycles. The fourth-order valence-electron chi connectivity index (χ4n) is 1.20. The molecule has 0 aromatic heterocycles. The summed E-state index contributed by atoms with van der Waals surface area (Å²) in [5.74, 6) is 5.70. The highest BCUT2D eigenvalue weighted by molar-refractivity contribution is 7.90. The lowest BCUT2D eigenvalue weighted by molar-refractivity contribution is 0.602. The number of sulfone groups is 1. The van der Waals surface area contributed by atoms with Gasteiger partial charge in [-0.25, -0.2) is 14.3 Å². The molecule has 17 heavy (non-hydrogen) atoms. The number of hydrogen-bond acceptors (Lipinski definition) is 4. The van der Waals surface area contributed by atoms with E-state index in [1.165, 1.54) is 18.4 Å². The second kappa shape index (κ2) is 5.65. The molecule has 1 aromatic rings. The third kappa shape index (κ3) is 4.04. The molecule has 1 rings (SSSR count). The summed E-state index contributed by atoms with van der Waals surface area (Å²) in [6, 6.07) is 6.35. The Morgan fingerprint density at radius 3 is 2.35 bits per heavy atom. The lowest BCUT2D eigenvalue weighted by Crippen LogP contribution is -2.36. The van der Waals surface area contributed by atoms with Gasteiger partial charge in [-0.3, -0.25) is 10.4 Å². The molecule has 0 aliphatic carbocycles. The van der Waals surface area contributed by atoms with Crippen molar-refractivity contribution in [1.82, 2.24) is 5.43 Å². The van der Waals surface area contributed by atoms with Crippen LogP contribution in [0.3, 0.4) is 0 Å². The van der Waals surface area contributed by atoms with E-state index in [0.717, 1.165) is 0 Å². The van der Waals surface area contributed by atoms with E-state index < -0.39 is 9.84 Å². The van der Waals surface area contributed by atoms with Crippen molar-refractivity contribution in [3.8, 4) is 0 Å². The predicted octanol–water partition coefficient (Wildman–Crippen LogP) is 0.341. The number of hydrogen-bond donors (Lipinski definition) is 3. The Hall–Kier alpha value is -1.60. The molecule has 0 aliphatic rings. The number of hydrazine groups is 1. The number of benzene rings is 1. The predicted molar refractivity (Wildman–Crippen MR) is 68.5 cm³/mol. The van der Waals surface area contributed by atoms with Crippen LogP contribution in [-0.4, -0.2) is 27.2 Å². The molecule has 0 atom stereocenters. The van der Waals surface area contributed by atoms with Crippen LogP contribution < -0.4 is 16.6 Å². The van der Waals surface area contributed by atoms with E-state index in [0.29, 0.717) is 18.2 Å². The SMILES string of the molecule is CCN=C(NN)Nc1ccc(S(C)(=O)=O)cc1. The minimum absolute atomic E-state index is 0.276. The summed E-state index contributed by atoms with van der Waals surface area (Å²) >= 11 is 0. The second-order valence-corrected chi connectivity index (χ2v) is 5.40. The quantitative estimate of drug-likeness (QED) is 0.314. The Bertz CT molecular complexity index is 494. The molecular weight excluding hydrogens is 240 g/mol. The van der Waals surface area contributed by atoms with Crippen molar-refractivity contribution in [2.75, 3.05) is 18.1 Å². The first-order valence-electron chi connectivity index (χ1n) is 5.05. The average molecular weight is 256 g/mol. The van der Waals surface area contributed by atoms with Crippen LogP contribution in [-0.2, 0) is 9.84 Å². The summed E-state index contributed by atoms with van der Waals surface area (Å²) in [6.07, 6.45) is 1.17. The number of nitrogens with zero attached hydrogens (tertiary/aromatic N) is 1. The minimum atomic E-state index is -3.16. The molecule has 6 nitrogen and oxygen atoms in total. The molecule has 0 heterocycles. The molecule has 0 spiro atoms. The zero-order chi connectivity index (χ0) is 12.9. The van der Waals surface area contributed by atoms with Crippen molar-refractivity contribution < 1.29 is 8.42 Å². The van der Waals surface area contributed by atoms with E-state index in [4.69, 9.17) is 5.84 Å². The van der Waals surface area contributed by atoms with Gasteiger partial charge in [0.25, 0.3) is 0 Å². The Morgan fingerprint density at radius 2 is 1.94 bits per heavy atom. The summed E-state index contributed by atoms with van der Waals surface area (Å²) in [5.41, 5.74) is 3.13. The lowest BCUT2D eigenvalue weighted by atomic mass is 10.3. The van der Waals surface area contributed by atoms with E-state index in [1.54, 1.807) is 12.1 Å². The first-order chi connectivity index (χ1) is 7.97. The minimum Gasteiger partial charge on any atom is -0.325 e. The van der Waals surface area contributed by atoms with Crippen LogP contribution >= 0.6 is 0 Å². The number of nitrogens with two attached hydrogens (primary N) is 1. The number of nitrogens with one attached hydrogen (secondary N) is 2. The maximum absolute atomic E-state index is 11.2. The van der Waals surface area contributed by atoms with Gasteiger partial charge in [0, 0.05) is 18.5 Å². The molecule has 7 heteroatoms. The highest BCUT2D eigenvalue weighted by atomic mass is 32.2. The monoisotopic (exact) mass is 256 g/mol. The molecule has 1 aromatic carbocycles. The van der Waals surface area contributed by atoms with Gasteiger partial charge in [-0.2, -0.15) is 0 Å². The summed E-state index contributed by atoms with van der Waals surface area (Å²) < 4.78 is 22.5. The van der Waals surface area contributed by atoms with E-state index in [-0.39, 0.29) is 4.90 Å². The van der Waals surface area contributed by atoms with E-state index >= 15 is 0 Å². The highest BCUT2D eigenvalue weighted by Gasteiger charge is 2.06. The Labute approximate surface area is 101 Å². The van der Waals surface area contributed by atoms with Gasteiger partial charge < -0.3 is 5.32 Å². The first-order valence-corrected chi connectivity index (χ1v) is 6.94. The normalized spacial score (nSPS) is 12.3. The maximum atomic E-state index is 11.2. The fraction of sp³-hybridized carbons (Fsp3) is 0.300. The topological polar surface area (TPSA) is 96.6 Å². The van der Waals surface area contributed by atoms with E-state index in [2.05, 4.69) is 15.7 Å². The van der Waals surface area contributed by atoms with Crippen LogP contribution in [0.5, 0.6) is 0 Å². The maximum Gasteiger partial charge on any atom is 0.210 e. The van der Waals surface area contributed by atoms with Gasteiger partial charge in [-0.15, -0.1) is 0 Å². The van der Waals surface area contributed by atoms with Gasteiger partial charge >= 0.3 is 0 Å². The van der Waals surface area contributed by atoms with Crippen LogP contribution in [0, 0.1) is 0 Å². The van der Waals surface area contributed by atoms with Crippen LogP contribution in [0.4, 0.5) is 5.69 Å². The van der Waals surface area contributed by atoms with Crippen molar-refractivity contribution >= 4 is 21.5 Å². The fourth-order valence-corrected chi connectivity index (χ4v) is 1.83. The number of aliphatic imine (C=N–C) groups is 1. The zero-order valence-electron chi connectivity index (χ0n) is 9.77. The smallest absolute Gasteiger partial charge is 0.210 e. The van der Waals surface area contributed by atoms with Gasteiger partial charge in [0.2, 0.25) is 5.96 Å². The van der Waals surface area contributed by atoms with Crippen molar-refractivity contribution in [3.63, 3.8) is 0 Å². The van der Waals surface area contributed by atoms with Gasteiger partial charge in [-0.05, 0) is 31.2 Å². The molecular formula is C10H16N4O2S. The van der Waals surface area contributed by atoms with Crippen molar-refractivity contribution in [3.05, 3.63) is 24.3 Å². The molecule has 0 unspecified atom stereocenters. The first kappa shape index (κ1) is 13.5. The van der Waals surface area contributed by atoms with Gasteiger partial charge in [-0.1, -0.05) is 0 Å². The Morgan fingerprint density at radius 1 is 1.35 bits per heavy atom. The summed E-state index contributed by atoms with van der Waals surface area (Å²) in [6.45, 7) is 2.47. The number of guanidine groups is 1. The molecule has 0 radical (unpaired) electrons.